The summed E-state index contributed by atoms with van der Waals surface area (Å²) in [5, 5.41) is 11.9. The number of benzene rings is 3. The van der Waals surface area contributed by atoms with Crippen molar-refractivity contribution in [2.45, 2.75) is 13.0 Å². The van der Waals surface area contributed by atoms with Crippen molar-refractivity contribution in [3.63, 3.8) is 0 Å². The van der Waals surface area contributed by atoms with E-state index in [1.807, 2.05) is 25.1 Å². The molecule has 0 saturated carbocycles. The molecule has 8 heteroatoms. The van der Waals surface area contributed by atoms with Gasteiger partial charge in [0.1, 0.15) is 11.6 Å². The van der Waals surface area contributed by atoms with Crippen LogP contribution in [0.4, 0.5) is 9.52 Å². The van der Waals surface area contributed by atoms with Crippen molar-refractivity contribution in [2.75, 3.05) is 4.90 Å². The van der Waals surface area contributed by atoms with Crippen LogP contribution in [-0.2, 0) is 9.59 Å². The lowest BCUT2D eigenvalue weighted by Gasteiger charge is -2.23. The van der Waals surface area contributed by atoms with Gasteiger partial charge < -0.3 is 5.11 Å². The number of ketones is 1. The minimum absolute atomic E-state index is 0.0932. The normalized spacial score (nSPS) is 17.8. The number of nitrogens with zero attached hydrogens (tertiary/aromatic N) is 2. The largest absolute Gasteiger partial charge is 0.507 e. The SMILES string of the molecule is Cc1ccc2nc(N3C(=O)C(=O)C(=C(O)c4ccc(F)cc4)[C@@H]3c3ccc(Cl)cc3)sc2c1. The Balaban J connectivity index is 1.73. The highest BCUT2D eigenvalue weighted by Gasteiger charge is 2.48. The number of amides is 1. The van der Waals surface area contributed by atoms with Crippen molar-refractivity contribution in [1.29, 1.82) is 0 Å². The lowest BCUT2D eigenvalue weighted by atomic mass is 9.95. The van der Waals surface area contributed by atoms with Crippen LogP contribution in [-0.4, -0.2) is 21.8 Å². The second-order valence-corrected chi connectivity index (χ2v) is 9.14. The zero-order valence-electron chi connectivity index (χ0n) is 17.3. The number of hydrogen-bond donors (Lipinski definition) is 1. The summed E-state index contributed by atoms with van der Waals surface area (Å²) in [4.78, 5) is 32.3. The molecular formula is C25H16ClFN2O3S. The highest BCUT2D eigenvalue weighted by Crippen LogP contribution is 2.44. The molecule has 0 bridgehead atoms. The van der Waals surface area contributed by atoms with Crippen molar-refractivity contribution in [3.05, 3.63) is 99.8 Å². The number of fused-ring (bicyclic) bond motifs is 1. The van der Waals surface area contributed by atoms with E-state index in [-0.39, 0.29) is 16.9 Å². The fraction of sp³-hybridized carbons (Fsp3) is 0.0800. The predicted molar refractivity (Wildman–Crippen MR) is 127 cm³/mol. The molecule has 0 radical (unpaired) electrons. The smallest absolute Gasteiger partial charge is 0.301 e. The number of aryl methyl sites for hydroxylation is 1. The quantitative estimate of drug-likeness (QED) is 0.222. The number of aliphatic hydroxyl groups is 1. The minimum Gasteiger partial charge on any atom is -0.507 e. The van der Waals surface area contributed by atoms with E-state index in [4.69, 9.17) is 11.6 Å². The van der Waals surface area contributed by atoms with E-state index in [2.05, 4.69) is 4.98 Å². The molecule has 1 aliphatic rings. The van der Waals surface area contributed by atoms with Gasteiger partial charge >= 0.3 is 5.91 Å². The molecule has 164 valence electrons. The number of Topliss-reactive ketones (excluding diaryl/α,β-unsaturated/α-hetero) is 1. The summed E-state index contributed by atoms with van der Waals surface area (Å²) in [6.45, 7) is 1.96. The molecule has 3 aromatic carbocycles. The van der Waals surface area contributed by atoms with E-state index in [0.717, 1.165) is 10.3 Å². The van der Waals surface area contributed by atoms with Crippen molar-refractivity contribution >= 4 is 55.7 Å². The molecule has 0 unspecified atom stereocenters. The lowest BCUT2D eigenvalue weighted by Crippen LogP contribution is -2.29. The summed E-state index contributed by atoms with van der Waals surface area (Å²) in [7, 11) is 0. The third kappa shape index (κ3) is 3.69. The Hall–Kier alpha value is -3.55. The fourth-order valence-corrected chi connectivity index (χ4v) is 5.09. The van der Waals surface area contributed by atoms with Crippen LogP contribution in [0.3, 0.4) is 0 Å². The first-order valence-corrected chi connectivity index (χ1v) is 11.2. The molecule has 0 aliphatic carbocycles. The molecule has 1 aliphatic heterocycles. The van der Waals surface area contributed by atoms with Crippen LogP contribution in [0.2, 0.25) is 5.02 Å². The molecule has 33 heavy (non-hydrogen) atoms. The molecule has 1 atom stereocenters. The molecule has 1 saturated heterocycles. The average molecular weight is 479 g/mol. The number of carbonyl (C=O) groups is 2. The first-order valence-electron chi connectivity index (χ1n) is 10.0. The maximum Gasteiger partial charge on any atom is 0.301 e. The van der Waals surface area contributed by atoms with Crippen LogP contribution in [0.5, 0.6) is 0 Å². The molecule has 1 amide bonds. The zero-order valence-corrected chi connectivity index (χ0v) is 18.8. The maximum absolute atomic E-state index is 13.4. The van der Waals surface area contributed by atoms with E-state index in [1.165, 1.54) is 40.5 Å². The topological polar surface area (TPSA) is 70.5 Å². The Kier molecular flexibility index (Phi) is 5.23. The van der Waals surface area contributed by atoms with Gasteiger partial charge in [-0.3, -0.25) is 14.5 Å². The molecule has 5 rings (SSSR count). The number of aliphatic hydroxyl groups excluding tert-OH is 1. The minimum atomic E-state index is -0.922. The van der Waals surface area contributed by atoms with Gasteiger partial charge in [-0.05, 0) is 66.6 Å². The average Bonchev–Trinajstić information content (AvgIpc) is 3.32. The second-order valence-electron chi connectivity index (χ2n) is 7.70. The van der Waals surface area contributed by atoms with Crippen LogP contribution in [0.25, 0.3) is 16.0 Å². The maximum atomic E-state index is 13.4. The summed E-state index contributed by atoms with van der Waals surface area (Å²) in [5.41, 5.74) is 2.47. The standard InChI is InChI=1S/C25H16ClFN2O3S/c1-13-2-11-18-19(12-13)33-25(28-18)29-21(14-3-7-16(26)8-4-14)20(23(31)24(29)32)22(30)15-5-9-17(27)10-6-15/h2-12,21,30H,1H3/t21-/m0/s1. The Labute approximate surface area is 197 Å². The van der Waals surface area contributed by atoms with E-state index >= 15 is 0 Å². The third-order valence-corrected chi connectivity index (χ3v) is 6.76. The van der Waals surface area contributed by atoms with Gasteiger partial charge in [-0.1, -0.05) is 41.1 Å². The Bertz CT molecular complexity index is 1450. The van der Waals surface area contributed by atoms with Gasteiger partial charge in [0.05, 0.1) is 21.8 Å². The predicted octanol–water partition coefficient (Wildman–Crippen LogP) is 6.02. The van der Waals surface area contributed by atoms with Crippen molar-refractivity contribution in [2.24, 2.45) is 0 Å². The number of anilines is 1. The van der Waals surface area contributed by atoms with Gasteiger partial charge in [-0.2, -0.15) is 0 Å². The molecule has 1 fully saturated rings. The van der Waals surface area contributed by atoms with Gasteiger partial charge in [-0.15, -0.1) is 0 Å². The van der Waals surface area contributed by atoms with E-state index < -0.39 is 23.5 Å². The zero-order chi connectivity index (χ0) is 23.3. The number of hydrogen-bond acceptors (Lipinski definition) is 5. The van der Waals surface area contributed by atoms with Gasteiger partial charge in [0.15, 0.2) is 5.13 Å². The first kappa shape index (κ1) is 21.3. The highest BCUT2D eigenvalue weighted by molar-refractivity contribution is 7.22. The van der Waals surface area contributed by atoms with Crippen molar-refractivity contribution < 1.29 is 19.1 Å². The number of carbonyl (C=O) groups excluding carboxylic acids is 2. The number of aromatic nitrogens is 1. The summed E-state index contributed by atoms with van der Waals surface area (Å²) in [6, 6.07) is 16.6. The summed E-state index contributed by atoms with van der Waals surface area (Å²) < 4.78 is 14.3. The van der Waals surface area contributed by atoms with Gasteiger partial charge in [-0.25, -0.2) is 9.37 Å². The van der Waals surface area contributed by atoms with Crippen LogP contribution in [0.15, 0.2) is 72.3 Å². The van der Waals surface area contributed by atoms with Gasteiger partial charge in [0, 0.05) is 10.6 Å². The monoisotopic (exact) mass is 478 g/mol. The third-order valence-electron chi connectivity index (χ3n) is 5.49. The fourth-order valence-electron chi connectivity index (χ4n) is 3.88. The van der Waals surface area contributed by atoms with Crippen molar-refractivity contribution in [1.82, 2.24) is 4.98 Å². The van der Waals surface area contributed by atoms with Crippen LogP contribution in [0.1, 0.15) is 22.7 Å². The van der Waals surface area contributed by atoms with Gasteiger partial charge in [0.2, 0.25) is 0 Å². The Morgan fingerprint density at radius 1 is 1.06 bits per heavy atom. The number of halogens is 2. The first-order chi connectivity index (χ1) is 15.8. The molecule has 0 spiro atoms. The van der Waals surface area contributed by atoms with E-state index in [9.17, 15) is 19.1 Å². The molecule has 2 heterocycles. The Morgan fingerprint density at radius 2 is 1.76 bits per heavy atom. The van der Waals surface area contributed by atoms with Crippen molar-refractivity contribution in [3.8, 4) is 0 Å². The summed E-state index contributed by atoms with van der Waals surface area (Å²) in [6.07, 6.45) is 0. The summed E-state index contributed by atoms with van der Waals surface area (Å²) in [5.74, 6) is -2.50. The highest BCUT2D eigenvalue weighted by atomic mass is 35.5. The molecule has 1 N–H and O–H groups in total. The molecule has 4 aromatic rings. The molecular weight excluding hydrogens is 463 g/mol. The number of rotatable bonds is 3. The number of thiazole rings is 1. The van der Waals surface area contributed by atoms with Crippen LogP contribution >= 0.6 is 22.9 Å². The second kappa shape index (κ2) is 8.10. The van der Waals surface area contributed by atoms with E-state index in [1.54, 1.807) is 24.3 Å². The summed E-state index contributed by atoms with van der Waals surface area (Å²) >= 11 is 7.34. The van der Waals surface area contributed by atoms with E-state index in [0.29, 0.717) is 21.2 Å². The Morgan fingerprint density at radius 3 is 2.45 bits per heavy atom. The van der Waals surface area contributed by atoms with Crippen LogP contribution in [0, 0.1) is 12.7 Å². The van der Waals surface area contributed by atoms with Crippen LogP contribution < -0.4 is 4.90 Å². The lowest BCUT2D eigenvalue weighted by molar-refractivity contribution is -0.132. The molecule has 5 nitrogen and oxygen atoms in total. The molecule has 1 aromatic heterocycles. The van der Waals surface area contributed by atoms with Gasteiger partial charge in [0.25, 0.3) is 5.78 Å².